The number of halogens is 2. The number of benzene rings is 1. The van der Waals surface area contributed by atoms with Gasteiger partial charge in [0.15, 0.2) is 5.82 Å². The number of hydrogen-bond acceptors (Lipinski definition) is 3. The van der Waals surface area contributed by atoms with Crippen LogP contribution in [0.2, 0.25) is 5.02 Å². The standard InChI is InChI=1S/C8H7ClFNO2/c1-13-8(12)5-2-4(9)3-6(11)7(5)10/h2-3H,11H2,1H3. The van der Waals surface area contributed by atoms with Crippen LogP contribution in [0.15, 0.2) is 12.1 Å². The highest BCUT2D eigenvalue weighted by molar-refractivity contribution is 6.31. The molecule has 0 saturated heterocycles. The van der Waals surface area contributed by atoms with Gasteiger partial charge in [-0.2, -0.15) is 0 Å². The van der Waals surface area contributed by atoms with E-state index in [1.807, 2.05) is 0 Å². The minimum atomic E-state index is -0.809. The lowest BCUT2D eigenvalue weighted by Gasteiger charge is -2.03. The Kier molecular flexibility index (Phi) is 2.72. The lowest BCUT2D eigenvalue weighted by molar-refractivity contribution is 0.0595. The smallest absolute Gasteiger partial charge is 0.340 e. The number of rotatable bonds is 1. The first-order valence-corrected chi connectivity index (χ1v) is 3.77. The Bertz CT molecular complexity index is 354. The van der Waals surface area contributed by atoms with E-state index in [9.17, 15) is 9.18 Å². The monoisotopic (exact) mass is 203 g/mol. The molecule has 0 spiro atoms. The summed E-state index contributed by atoms with van der Waals surface area (Å²) in [7, 11) is 1.15. The molecule has 0 aliphatic rings. The van der Waals surface area contributed by atoms with Gasteiger partial charge in [0.25, 0.3) is 0 Å². The normalized spacial score (nSPS) is 9.77. The highest BCUT2D eigenvalue weighted by Crippen LogP contribution is 2.21. The van der Waals surface area contributed by atoms with E-state index in [-0.39, 0.29) is 16.3 Å². The maximum atomic E-state index is 13.1. The minimum Gasteiger partial charge on any atom is -0.465 e. The number of carbonyl (C=O) groups excluding carboxylic acids is 1. The SMILES string of the molecule is COC(=O)c1cc(Cl)cc(N)c1F. The number of anilines is 1. The van der Waals surface area contributed by atoms with Crippen molar-refractivity contribution in [2.45, 2.75) is 0 Å². The summed E-state index contributed by atoms with van der Waals surface area (Å²) in [6, 6.07) is 2.39. The van der Waals surface area contributed by atoms with Crippen LogP contribution in [0, 0.1) is 5.82 Å². The molecular weight excluding hydrogens is 197 g/mol. The van der Waals surface area contributed by atoms with Gasteiger partial charge < -0.3 is 10.5 Å². The molecule has 0 unspecified atom stereocenters. The van der Waals surface area contributed by atoms with Gasteiger partial charge in [-0.1, -0.05) is 11.6 Å². The van der Waals surface area contributed by atoms with Gasteiger partial charge in [-0.15, -0.1) is 0 Å². The number of methoxy groups -OCH3 is 1. The zero-order valence-electron chi connectivity index (χ0n) is 6.80. The second kappa shape index (κ2) is 3.62. The Morgan fingerprint density at radius 3 is 2.77 bits per heavy atom. The molecule has 3 nitrogen and oxygen atoms in total. The number of nitrogens with two attached hydrogens (primary N) is 1. The van der Waals surface area contributed by atoms with E-state index in [1.54, 1.807) is 0 Å². The molecular formula is C8H7ClFNO2. The molecule has 0 fully saturated rings. The maximum Gasteiger partial charge on any atom is 0.340 e. The molecule has 5 heteroatoms. The first-order chi connectivity index (χ1) is 6.06. The molecule has 0 atom stereocenters. The van der Waals surface area contributed by atoms with Gasteiger partial charge >= 0.3 is 5.97 Å². The molecule has 0 radical (unpaired) electrons. The van der Waals surface area contributed by atoms with Crippen LogP contribution in [0.4, 0.5) is 10.1 Å². The van der Waals surface area contributed by atoms with Gasteiger partial charge in [0.1, 0.15) is 0 Å². The number of hydrogen-bond donors (Lipinski definition) is 1. The highest BCUT2D eigenvalue weighted by Gasteiger charge is 2.15. The summed E-state index contributed by atoms with van der Waals surface area (Å²) in [6.07, 6.45) is 0. The van der Waals surface area contributed by atoms with Crippen molar-refractivity contribution in [2.75, 3.05) is 12.8 Å². The van der Waals surface area contributed by atoms with E-state index in [4.69, 9.17) is 17.3 Å². The molecule has 0 heterocycles. The Hall–Kier alpha value is -1.29. The number of ether oxygens (including phenoxy) is 1. The van der Waals surface area contributed by atoms with Crippen LogP contribution in [0.1, 0.15) is 10.4 Å². The third kappa shape index (κ3) is 1.89. The summed E-state index contributed by atoms with van der Waals surface area (Å²) < 4.78 is 17.5. The van der Waals surface area contributed by atoms with E-state index in [0.29, 0.717) is 0 Å². The molecule has 13 heavy (non-hydrogen) atoms. The van der Waals surface area contributed by atoms with Crippen molar-refractivity contribution >= 4 is 23.3 Å². The van der Waals surface area contributed by atoms with Crippen LogP contribution < -0.4 is 5.73 Å². The molecule has 0 saturated carbocycles. The Morgan fingerprint density at radius 1 is 1.62 bits per heavy atom. The van der Waals surface area contributed by atoms with Crippen molar-refractivity contribution < 1.29 is 13.9 Å². The summed E-state index contributed by atoms with van der Waals surface area (Å²) in [5.41, 5.74) is 4.82. The summed E-state index contributed by atoms with van der Waals surface area (Å²) in [5.74, 6) is -1.61. The van der Waals surface area contributed by atoms with Crippen molar-refractivity contribution in [1.29, 1.82) is 0 Å². The maximum absolute atomic E-state index is 13.1. The quantitative estimate of drug-likeness (QED) is 0.560. The van der Waals surface area contributed by atoms with Crippen LogP contribution in [0.25, 0.3) is 0 Å². The first-order valence-electron chi connectivity index (χ1n) is 3.39. The first kappa shape index (κ1) is 9.80. The van der Waals surface area contributed by atoms with Crippen molar-refractivity contribution in [3.8, 4) is 0 Å². The fourth-order valence-corrected chi connectivity index (χ4v) is 1.10. The largest absolute Gasteiger partial charge is 0.465 e. The zero-order valence-corrected chi connectivity index (χ0v) is 7.56. The molecule has 1 rings (SSSR count). The van der Waals surface area contributed by atoms with Crippen molar-refractivity contribution in [2.24, 2.45) is 0 Å². The summed E-state index contributed by atoms with van der Waals surface area (Å²) in [4.78, 5) is 11.0. The molecule has 0 aromatic heterocycles. The fraction of sp³-hybridized carbons (Fsp3) is 0.125. The third-order valence-electron chi connectivity index (χ3n) is 1.47. The molecule has 0 aliphatic heterocycles. The average molecular weight is 204 g/mol. The Labute approximate surface area is 79.2 Å². The van der Waals surface area contributed by atoms with Gasteiger partial charge in [0.2, 0.25) is 0 Å². The molecule has 2 N–H and O–H groups in total. The third-order valence-corrected chi connectivity index (χ3v) is 1.69. The van der Waals surface area contributed by atoms with E-state index in [1.165, 1.54) is 12.1 Å². The number of nitrogen functional groups attached to an aromatic ring is 1. The van der Waals surface area contributed by atoms with Gasteiger partial charge in [0, 0.05) is 5.02 Å². The fourth-order valence-electron chi connectivity index (χ4n) is 0.869. The predicted molar refractivity (Wildman–Crippen MR) is 47.2 cm³/mol. The van der Waals surface area contributed by atoms with Crippen molar-refractivity contribution in [3.63, 3.8) is 0 Å². The predicted octanol–water partition coefficient (Wildman–Crippen LogP) is 1.85. The van der Waals surface area contributed by atoms with Crippen LogP contribution >= 0.6 is 11.6 Å². The van der Waals surface area contributed by atoms with Crippen LogP contribution in [-0.2, 0) is 4.74 Å². The summed E-state index contributed by atoms with van der Waals surface area (Å²) in [6.45, 7) is 0. The van der Waals surface area contributed by atoms with Gasteiger partial charge in [-0.3, -0.25) is 0 Å². The Morgan fingerprint density at radius 2 is 2.23 bits per heavy atom. The van der Waals surface area contributed by atoms with Crippen molar-refractivity contribution in [1.82, 2.24) is 0 Å². The zero-order chi connectivity index (χ0) is 10.0. The summed E-state index contributed by atoms with van der Waals surface area (Å²) in [5, 5.41) is 0.194. The minimum absolute atomic E-state index is 0.173. The van der Waals surface area contributed by atoms with Crippen LogP contribution in [-0.4, -0.2) is 13.1 Å². The lowest BCUT2D eigenvalue weighted by Crippen LogP contribution is -2.06. The molecule has 0 bridgehead atoms. The van der Waals surface area contributed by atoms with Crippen LogP contribution in [0.3, 0.4) is 0 Å². The van der Waals surface area contributed by atoms with Crippen molar-refractivity contribution in [3.05, 3.63) is 28.5 Å². The van der Waals surface area contributed by atoms with E-state index < -0.39 is 11.8 Å². The molecule has 0 amide bonds. The van der Waals surface area contributed by atoms with Crippen LogP contribution in [0.5, 0.6) is 0 Å². The average Bonchev–Trinajstić information content (AvgIpc) is 2.10. The van der Waals surface area contributed by atoms with E-state index in [0.717, 1.165) is 7.11 Å². The van der Waals surface area contributed by atoms with Gasteiger partial charge in [-0.05, 0) is 12.1 Å². The Balaban J connectivity index is 3.28. The second-order valence-corrected chi connectivity index (χ2v) is 2.78. The lowest BCUT2D eigenvalue weighted by atomic mass is 10.2. The molecule has 0 aliphatic carbocycles. The van der Waals surface area contributed by atoms with E-state index >= 15 is 0 Å². The van der Waals surface area contributed by atoms with Gasteiger partial charge in [-0.25, -0.2) is 9.18 Å². The highest BCUT2D eigenvalue weighted by atomic mass is 35.5. The molecule has 1 aromatic carbocycles. The van der Waals surface area contributed by atoms with E-state index in [2.05, 4.69) is 4.74 Å². The topological polar surface area (TPSA) is 52.3 Å². The van der Waals surface area contributed by atoms with Gasteiger partial charge in [0.05, 0.1) is 18.4 Å². The molecule has 1 aromatic rings. The summed E-state index contributed by atoms with van der Waals surface area (Å²) >= 11 is 5.57. The number of esters is 1. The second-order valence-electron chi connectivity index (χ2n) is 2.35. The molecule has 70 valence electrons. The number of carbonyl (C=O) groups is 1.